The van der Waals surface area contributed by atoms with Crippen LogP contribution >= 0.6 is 0 Å². The Bertz CT molecular complexity index is 809. The molecule has 3 heterocycles. The number of ether oxygens (including phenoxy) is 1. The fourth-order valence-corrected chi connectivity index (χ4v) is 3.67. The number of fused-ring (bicyclic) bond motifs is 1. The number of morpholine rings is 1. The van der Waals surface area contributed by atoms with Crippen LogP contribution < -0.4 is 4.90 Å². The molecule has 0 bridgehead atoms. The molecule has 0 atom stereocenters. The van der Waals surface area contributed by atoms with Crippen molar-refractivity contribution in [2.45, 2.75) is 19.3 Å². The summed E-state index contributed by atoms with van der Waals surface area (Å²) in [5.41, 5.74) is 3.06. The number of likely N-dealkylation sites (N-methyl/N-ethyl adjacent to an activating group) is 1. The number of aliphatic imine (C=N–C) groups is 1. The van der Waals surface area contributed by atoms with Crippen molar-refractivity contribution < 1.29 is 9.53 Å². The Labute approximate surface area is 159 Å². The summed E-state index contributed by atoms with van der Waals surface area (Å²) in [6.07, 6.45) is 10.9. The van der Waals surface area contributed by atoms with Crippen LogP contribution in [0.15, 0.2) is 29.3 Å². The molecule has 27 heavy (non-hydrogen) atoms. The fraction of sp³-hybridized carbons (Fsp3) is 0.500. The minimum Gasteiger partial charge on any atom is -0.378 e. The average Bonchev–Trinajstić information content (AvgIpc) is 3.00. The van der Waals surface area contributed by atoms with Crippen LogP contribution in [0.5, 0.6) is 0 Å². The summed E-state index contributed by atoms with van der Waals surface area (Å²) in [5, 5.41) is 0. The SMILES string of the molecule is CN(CC(=O)N1CCOCC1)c1nc(C2=NCC=CC=C2)nc2c1CCC2. The maximum Gasteiger partial charge on any atom is 0.242 e. The molecular weight excluding hydrogens is 342 g/mol. The van der Waals surface area contributed by atoms with Gasteiger partial charge in [0.1, 0.15) is 11.5 Å². The molecule has 7 nitrogen and oxygen atoms in total. The molecular formula is C20H25N5O2. The van der Waals surface area contributed by atoms with Crippen molar-refractivity contribution in [3.05, 3.63) is 41.4 Å². The van der Waals surface area contributed by atoms with Gasteiger partial charge in [0, 0.05) is 31.4 Å². The van der Waals surface area contributed by atoms with Crippen molar-refractivity contribution in [2.24, 2.45) is 4.99 Å². The number of aromatic nitrogens is 2. The Balaban J connectivity index is 1.59. The Hall–Kier alpha value is -2.54. The maximum atomic E-state index is 12.7. The van der Waals surface area contributed by atoms with Gasteiger partial charge in [-0.3, -0.25) is 9.79 Å². The smallest absolute Gasteiger partial charge is 0.242 e. The summed E-state index contributed by atoms with van der Waals surface area (Å²) in [6, 6.07) is 0. The van der Waals surface area contributed by atoms with Gasteiger partial charge in [0.05, 0.1) is 26.3 Å². The molecule has 1 saturated heterocycles. The van der Waals surface area contributed by atoms with E-state index in [9.17, 15) is 4.79 Å². The Morgan fingerprint density at radius 2 is 2.07 bits per heavy atom. The number of rotatable bonds is 4. The molecule has 0 N–H and O–H groups in total. The second kappa shape index (κ2) is 8.00. The molecule has 1 amide bonds. The Kier molecular flexibility index (Phi) is 5.29. The van der Waals surface area contributed by atoms with E-state index >= 15 is 0 Å². The van der Waals surface area contributed by atoms with E-state index in [0.29, 0.717) is 45.2 Å². The van der Waals surface area contributed by atoms with Gasteiger partial charge in [-0.15, -0.1) is 0 Å². The fourth-order valence-electron chi connectivity index (χ4n) is 3.67. The molecule has 1 aromatic heterocycles. The Morgan fingerprint density at radius 1 is 1.22 bits per heavy atom. The van der Waals surface area contributed by atoms with Crippen molar-refractivity contribution in [1.82, 2.24) is 14.9 Å². The molecule has 3 aliphatic rings. The van der Waals surface area contributed by atoms with Crippen LogP contribution in [0.1, 0.15) is 23.5 Å². The monoisotopic (exact) mass is 367 g/mol. The molecule has 0 saturated carbocycles. The first-order chi connectivity index (χ1) is 13.2. The first-order valence-electron chi connectivity index (χ1n) is 9.57. The lowest BCUT2D eigenvalue weighted by Gasteiger charge is -2.29. The number of carbonyl (C=O) groups is 1. The van der Waals surface area contributed by atoms with Crippen molar-refractivity contribution in [3.63, 3.8) is 0 Å². The first-order valence-corrected chi connectivity index (χ1v) is 9.57. The number of anilines is 1. The molecule has 0 aromatic carbocycles. The summed E-state index contributed by atoms with van der Waals surface area (Å²) >= 11 is 0. The van der Waals surface area contributed by atoms with E-state index in [-0.39, 0.29) is 5.91 Å². The number of hydrogen-bond donors (Lipinski definition) is 0. The normalized spacial score (nSPS) is 18.9. The van der Waals surface area contributed by atoms with Crippen LogP contribution in [-0.4, -0.2) is 72.9 Å². The highest BCUT2D eigenvalue weighted by Gasteiger charge is 2.25. The first kappa shape index (κ1) is 17.9. The van der Waals surface area contributed by atoms with Crippen molar-refractivity contribution in [1.29, 1.82) is 0 Å². The number of nitrogens with zero attached hydrogens (tertiary/aromatic N) is 5. The van der Waals surface area contributed by atoms with Gasteiger partial charge in [0.25, 0.3) is 0 Å². The van der Waals surface area contributed by atoms with Crippen molar-refractivity contribution >= 4 is 17.4 Å². The van der Waals surface area contributed by atoms with Gasteiger partial charge in [-0.05, 0) is 25.3 Å². The zero-order chi connectivity index (χ0) is 18.6. The molecule has 1 aliphatic carbocycles. The minimum atomic E-state index is 0.114. The van der Waals surface area contributed by atoms with E-state index in [1.54, 1.807) is 0 Å². The molecule has 0 spiro atoms. The predicted molar refractivity (Wildman–Crippen MR) is 104 cm³/mol. The van der Waals surface area contributed by atoms with Crippen LogP contribution in [-0.2, 0) is 22.4 Å². The van der Waals surface area contributed by atoms with Gasteiger partial charge in [-0.1, -0.05) is 18.2 Å². The van der Waals surface area contributed by atoms with E-state index in [1.807, 2.05) is 41.2 Å². The van der Waals surface area contributed by atoms with Crippen LogP contribution in [0.2, 0.25) is 0 Å². The van der Waals surface area contributed by atoms with Gasteiger partial charge in [0.15, 0.2) is 5.82 Å². The van der Waals surface area contributed by atoms with Crippen LogP contribution in [0, 0.1) is 0 Å². The summed E-state index contributed by atoms with van der Waals surface area (Å²) in [7, 11) is 1.94. The molecule has 0 radical (unpaired) electrons. The lowest BCUT2D eigenvalue weighted by atomic mass is 10.2. The predicted octanol–water partition coefficient (Wildman–Crippen LogP) is 1.18. The van der Waals surface area contributed by atoms with E-state index in [1.165, 1.54) is 5.56 Å². The average molecular weight is 367 g/mol. The number of allylic oxidation sites excluding steroid dienone is 3. The highest BCUT2D eigenvalue weighted by atomic mass is 16.5. The van der Waals surface area contributed by atoms with E-state index in [2.05, 4.69) is 4.99 Å². The summed E-state index contributed by atoms with van der Waals surface area (Å²) in [5.74, 6) is 1.63. The Morgan fingerprint density at radius 3 is 2.93 bits per heavy atom. The number of carbonyl (C=O) groups excluding carboxylic acids is 1. The van der Waals surface area contributed by atoms with Gasteiger partial charge in [0.2, 0.25) is 5.91 Å². The highest BCUT2D eigenvalue weighted by molar-refractivity contribution is 6.06. The van der Waals surface area contributed by atoms with Gasteiger partial charge < -0.3 is 14.5 Å². The zero-order valence-electron chi connectivity index (χ0n) is 15.7. The van der Waals surface area contributed by atoms with Gasteiger partial charge in [-0.25, -0.2) is 9.97 Å². The van der Waals surface area contributed by atoms with E-state index < -0.39 is 0 Å². The second-order valence-corrected chi connectivity index (χ2v) is 7.01. The number of aryl methyl sites for hydroxylation is 1. The van der Waals surface area contributed by atoms with Gasteiger partial charge in [-0.2, -0.15) is 0 Å². The minimum absolute atomic E-state index is 0.114. The van der Waals surface area contributed by atoms with Crippen molar-refractivity contribution in [3.8, 4) is 0 Å². The van der Waals surface area contributed by atoms with Crippen LogP contribution in [0.3, 0.4) is 0 Å². The molecule has 142 valence electrons. The number of amides is 1. The summed E-state index contributed by atoms with van der Waals surface area (Å²) in [4.78, 5) is 30.6. The van der Waals surface area contributed by atoms with Gasteiger partial charge >= 0.3 is 0 Å². The third-order valence-corrected chi connectivity index (χ3v) is 5.11. The van der Waals surface area contributed by atoms with Crippen LogP contribution in [0.4, 0.5) is 5.82 Å². The zero-order valence-corrected chi connectivity index (χ0v) is 15.7. The van der Waals surface area contributed by atoms with Crippen molar-refractivity contribution in [2.75, 3.05) is 51.3 Å². The second-order valence-electron chi connectivity index (χ2n) is 7.01. The standard InChI is InChI=1S/C20H25N5O2/c1-24(14-18(26)25-10-12-27-13-11-25)20-15-6-5-8-16(15)22-19(23-20)17-7-3-2-4-9-21-17/h2-4,7H,5-6,8-14H2,1H3. The summed E-state index contributed by atoms with van der Waals surface area (Å²) in [6.45, 7) is 3.49. The van der Waals surface area contributed by atoms with E-state index in [4.69, 9.17) is 14.7 Å². The lowest BCUT2D eigenvalue weighted by molar-refractivity contribution is -0.133. The molecule has 2 aliphatic heterocycles. The lowest BCUT2D eigenvalue weighted by Crippen LogP contribution is -2.45. The highest BCUT2D eigenvalue weighted by Crippen LogP contribution is 2.28. The largest absolute Gasteiger partial charge is 0.378 e. The molecule has 1 aromatic rings. The molecule has 0 unspecified atom stereocenters. The maximum absolute atomic E-state index is 12.7. The third kappa shape index (κ3) is 3.93. The molecule has 1 fully saturated rings. The summed E-state index contributed by atoms with van der Waals surface area (Å²) < 4.78 is 5.34. The number of hydrogen-bond acceptors (Lipinski definition) is 6. The quantitative estimate of drug-likeness (QED) is 0.799. The van der Waals surface area contributed by atoms with Crippen LogP contribution in [0.25, 0.3) is 0 Å². The van der Waals surface area contributed by atoms with E-state index in [0.717, 1.165) is 36.5 Å². The molecule has 7 heteroatoms. The molecule has 4 rings (SSSR count). The third-order valence-electron chi connectivity index (χ3n) is 5.11. The topological polar surface area (TPSA) is 70.9 Å².